The van der Waals surface area contributed by atoms with Gasteiger partial charge >= 0.3 is 0 Å². The first-order valence-electron chi connectivity index (χ1n) is 6.52. The number of hydrogen-bond donors (Lipinski definition) is 2. The SMILES string of the molecule is Fc1cccc(F)c1C[C@H](CS)c1nc2ccncc2[nH]1. The molecule has 0 saturated heterocycles. The summed E-state index contributed by atoms with van der Waals surface area (Å²) in [5.41, 5.74) is 1.64. The van der Waals surface area contributed by atoms with Crippen LogP contribution >= 0.6 is 12.6 Å². The van der Waals surface area contributed by atoms with Crippen LogP contribution < -0.4 is 0 Å². The van der Waals surface area contributed by atoms with Gasteiger partial charge in [-0.05, 0) is 24.6 Å². The minimum atomic E-state index is -0.542. The van der Waals surface area contributed by atoms with Crippen LogP contribution in [0.1, 0.15) is 17.3 Å². The lowest BCUT2D eigenvalue weighted by atomic mass is 9.99. The van der Waals surface area contributed by atoms with E-state index in [1.807, 2.05) is 0 Å². The van der Waals surface area contributed by atoms with Gasteiger partial charge in [-0.1, -0.05) is 6.07 Å². The van der Waals surface area contributed by atoms with Crippen LogP contribution in [0.15, 0.2) is 36.7 Å². The van der Waals surface area contributed by atoms with E-state index in [2.05, 4.69) is 27.6 Å². The minimum absolute atomic E-state index is 0.0649. The van der Waals surface area contributed by atoms with Gasteiger partial charge < -0.3 is 4.98 Å². The van der Waals surface area contributed by atoms with Crippen LogP contribution in [0.5, 0.6) is 0 Å². The summed E-state index contributed by atoms with van der Waals surface area (Å²) in [4.78, 5) is 11.6. The molecule has 0 aliphatic heterocycles. The topological polar surface area (TPSA) is 41.6 Å². The molecule has 1 aromatic carbocycles. The zero-order valence-corrected chi connectivity index (χ0v) is 11.9. The lowest BCUT2D eigenvalue weighted by Gasteiger charge is -2.13. The Morgan fingerprint density at radius 1 is 1.19 bits per heavy atom. The predicted molar refractivity (Wildman–Crippen MR) is 80.5 cm³/mol. The summed E-state index contributed by atoms with van der Waals surface area (Å²) < 4.78 is 27.5. The fourth-order valence-electron chi connectivity index (χ4n) is 2.29. The van der Waals surface area contributed by atoms with Crippen molar-refractivity contribution in [1.29, 1.82) is 0 Å². The Kier molecular flexibility index (Phi) is 3.88. The standard InChI is InChI=1S/C15H13F2N3S/c16-11-2-1-3-12(17)10(11)6-9(8-21)15-19-13-4-5-18-7-14(13)20-15/h1-5,7,9,21H,6,8H2,(H,19,20)/t9-/m1/s1. The summed E-state index contributed by atoms with van der Waals surface area (Å²) in [7, 11) is 0. The molecule has 0 amide bonds. The van der Waals surface area contributed by atoms with Crippen LogP contribution in [-0.4, -0.2) is 20.7 Å². The molecule has 0 saturated carbocycles. The number of aromatic amines is 1. The second kappa shape index (κ2) is 5.81. The molecular weight excluding hydrogens is 292 g/mol. The summed E-state index contributed by atoms with van der Waals surface area (Å²) in [5.74, 6) is -0.192. The number of nitrogens with zero attached hydrogens (tertiary/aromatic N) is 2. The van der Waals surface area contributed by atoms with Crippen LogP contribution in [0.4, 0.5) is 8.78 Å². The highest BCUT2D eigenvalue weighted by Crippen LogP contribution is 2.25. The quantitative estimate of drug-likeness (QED) is 0.725. The number of thiol groups is 1. The molecule has 108 valence electrons. The molecule has 1 atom stereocenters. The number of H-pyrrole nitrogens is 1. The van der Waals surface area contributed by atoms with Gasteiger partial charge in [0.1, 0.15) is 17.5 Å². The molecule has 0 radical (unpaired) electrons. The van der Waals surface area contributed by atoms with Gasteiger partial charge in [-0.3, -0.25) is 4.98 Å². The molecule has 0 aliphatic rings. The van der Waals surface area contributed by atoms with Crippen molar-refractivity contribution in [3.8, 4) is 0 Å². The number of hydrogen-bond acceptors (Lipinski definition) is 3. The van der Waals surface area contributed by atoms with Crippen molar-refractivity contribution in [1.82, 2.24) is 15.0 Å². The molecule has 3 nitrogen and oxygen atoms in total. The number of rotatable bonds is 4. The Hall–Kier alpha value is -1.95. The van der Waals surface area contributed by atoms with E-state index in [0.717, 1.165) is 11.0 Å². The first-order valence-corrected chi connectivity index (χ1v) is 7.15. The summed E-state index contributed by atoms with van der Waals surface area (Å²) in [6, 6.07) is 5.67. The summed E-state index contributed by atoms with van der Waals surface area (Å²) in [6.07, 6.45) is 3.53. The van der Waals surface area contributed by atoms with Crippen molar-refractivity contribution in [2.45, 2.75) is 12.3 Å². The lowest BCUT2D eigenvalue weighted by Crippen LogP contribution is -2.09. The van der Waals surface area contributed by atoms with Crippen molar-refractivity contribution in [2.24, 2.45) is 0 Å². The van der Waals surface area contributed by atoms with Crippen molar-refractivity contribution >= 4 is 23.7 Å². The third-order valence-corrected chi connectivity index (χ3v) is 3.86. The molecule has 2 heterocycles. The molecule has 0 bridgehead atoms. The monoisotopic (exact) mass is 305 g/mol. The zero-order chi connectivity index (χ0) is 14.8. The summed E-state index contributed by atoms with van der Waals surface area (Å²) >= 11 is 4.29. The second-order valence-corrected chi connectivity index (χ2v) is 5.16. The Morgan fingerprint density at radius 2 is 1.95 bits per heavy atom. The average Bonchev–Trinajstić information content (AvgIpc) is 2.90. The Morgan fingerprint density at radius 3 is 2.62 bits per heavy atom. The smallest absolute Gasteiger partial charge is 0.129 e. The zero-order valence-electron chi connectivity index (χ0n) is 11.1. The predicted octanol–water partition coefficient (Wildman–Crippen LogP) is 3.49. The van der Waals surface area contributed by atoms with Crippen molar-refractivity contribution in [3.63, 3.8) is 0 Å². The molecule has 2 aromatic heterocycles. The number of pyridine rings is 1. The van der Waals surface area contributed by atoms with E-state index in [0.29, 0.717) is 11.6 Å². The van der Waals surface area contributed by atoms with Gasteiger partial charge in [0, 0.05) is 23.4 Å². The molecule has 0 unspecified atom stereocenters. The first kappa shape index (κ1) is 14.0. The fourth-order valence-corrected chi connectivity index (χ4v) is 2.59. The summed E-state index contributed by atoms with van der Waals surface area (Å²) in [6.45, 7) is 0. The highest BCUT2D eigenvalue weighted by atomic mass is 32.1. The maximum Gasteiger partial charge on any atom is 0.129 e. The average molecular weight is 305 g/mol. The van der Waals surface area contributed by atoms with Crippen molar-refractivity contribution in [2.75, 3.05) is 5.75 Å². The van der Waals surface area contributed by atoms with Crippen LogP contribution in [-0.2, 0) is 6.42 Å². The lowest BCUT2D eigenvalue weighted by molar-refractivity contribution is 0.541. The molecule has 6 heteroatoms. The third kappa shape index (κ3) is 2.76. The molecule has 21 heavy (non-hydrogen) atoms. The van der Waals surface area contributed by atoms with E-state index in [-0.39, 0.29) is 17.9 Å². The van der Waals surface area contributed by atoms with E-state index in [1.54, 1.807) is 18.5 Å². The van der Waals surface area contributed by atoms with E-state index in [4.69, 9.17) is 0 Å². The van der Waals surface area contributed by atoms with E-state index < -0.39 is 11.6 Å². The number of nitrogens with one attached hydrogen (secondary N) is 1. The maximum atomic E-state index is 13.8. The highest BCUT2D eigenvalue weighted by molar-refractivity contribution is 7.80. The molecule has 1 N–H and O–H groups in total. The van der Waals surface area contributed by atoms with Crippen LogP contribution in [0, 0.1) is 11.6 Å². The highest BCUT2D eigenvalue weighted by Gasteiger charge is 2.19. The van der Waals surface area contributed by atoms with E-state index >= 15 is 0 Å². The van der Waals surface area contributed by atoms with Crippen molar-refractivity contribution < 1.29 is 8.78 Å². The molecule has 3 aromatic rings. The fraction of sp³-hybridized carbons (Fsp3) is 0.200. The van der Waals surface area contributed by atoms with Gasteiger partial charge in [0.25, 0.3) is 0 Å². The minimum Gasteiger partial charge on any atom is -0.340 e. The molecular formula is C15H13F2N3S. The number of halogens is 2. The Labute approximate surface area is 125 Å². The first-order chi connectivity index (χ1) is 10.2. The number of fused-ring (bicyclic) bond motifs is 1. The van der Waals surface area contributed by atoms with Gasteiger partial charge in [0.05, 0.1) is 17.2 Å². The van der Waals surface area contributed by atoms with Crippen molar-refractivity contribution in [3.05, 3.63) is 59.7 Å². The third-order valence-electron chi connectivity index (χ3n) is 3.42. The van der Waals surface area contributed by atoms with Crippen LogP contribution in [0.2, 0.25) is 0 Å². The van der Waals surface area contributed by atoms with Gasteiger partial charge in [0.15, 0.2) is 0 Å². The number of imidazole rings is 1. The van der Waals surface area contributed by atoms with Gasteiger partial charge in [-0.25, -0.2) is 13.8 Å². The van der Waals surface area contributed by atoms with E-state index in [1.165, 1.54) is 18.2 Å². The molecule has 3 rings (SSSR count). The van der Waals surface area contributed by atoms with Gasteiger partial charge in [-0.15, -0.1) is 0 Å². The van der Waals surface area contributed by atoms with E-state index in [9.17, 15) is 8.78 Å². The van der Waals surface area contributed by atoms with Gasteiger partial charge in [-0.2, -0.15) is 12.6 Å². The second-order valence-electron chi connectivity index (χ2n) is 4.80. The van der Waals surface area contributed by atoms with Gasteiger partial charge in [0.2, 0.25) is 0 Å². The summed E-state index contributed by atoms with van der Waals surface area (Å²) in [5, 5.41) is 0. The Balaban J connectivity index is 1.95. The largest absolute Gasteiger partial charge is 0.340 e. The normalized spacial score (nSPS) is 12.7. The molecule has 0 spiro atoms. The Bertz CT molecular complexity index is 719. The van der Waals surface area contributed by atoms with Crippen LogP contribution in [0.3, 0.4) is 0 Å². The molecule has 0 fully saturated rings. The maximum absolute atomic E-state index is 13.8. The molecule has 0 aliphatic carbocycles. The van der Waals surface area contributed by atoms with Crippen LogP contribution in [0.25, 0.3) is 11.0 Å². The number of benzene rings is 1. The number of aromatic nitrogens is 3.